The Morgan fingerprint density at radius 1 is 1.52 bits per heavy atom. The third kappa shape index (κ3) is 3.25. The fourth-order valence-electron chi connectivity index (χ4n) is 2.38. The van der Waals surface area contributed by atoms with E-state index in [1.807, 2.05) is 12.1 Å². The number of furan rings is 1. The van der Waals surface area contributed by atoms with Gasteiger partial charge in [-0.25, -0.2) is 4.98 Å². The molecule has 2 unspecified atom stereocenters. The molecule has 1 saturated heterocycles. The lowest BCUT2D eigenvalue weighted by atomic mass is 9.96. The molecule has 0 aliphatic carbocycles. The zero-order valence-electron chi connectivity index (χ0n) is 11.3. The van der Waals surface area contributed by atoms with Gasteiger partial charge < -0.3 is 20.2 Å². The summed E-state index contributed by atoms with van der Waals surface area (Å²) in [6.07, 6.45) is 2.38. The van der Waals surface area contributed by atoms with Gasteiger partial charge in [0.25, 0.3) is 0 Å². The molecule has 3 heterocycles. The fraction of sp³-hybridized carbons (Fsp3) is 0.429. The number of nitrogens with zero attached hydrogens (tertiary/aromatic N) is 1. The van der Waals surface area contributed by atoms with Crippen LogP contribution < -0.4 is 11.1 Å². The van der Waals surface area contributed by atoms with Crippen LogP contribution in [0, 0.1) is 5.92 Å². The summed E-state index contributed by atoms with van der Waals surface area (Å²) >= 11 is 3.36. The Morgan fingerprint density at radius 3 is 3.19 bits per heavy atom. The second-order valence-electron chi connectivity index (χ2n) is 5.11. The summed E-state index contributed by atoms with van der Waals surface area (Å²) in [7, 11) is 0. The van der Waals surface area contributed by atoms with Gasteiger partial charge in [-0.3, -0.25) is 4.79 Å². The molecule has 2 aromatic rings. The van der Waals surface area contributed by atoms with Crippen LogP contribution in [0.25, 0.3) is 11.1 Å². The highest BCUT2D eigenvalue weighted by Gasteiger charge is 2.28. The van der Waals surface area contributed by atoms with Crippen molar-refractivity contribution in [3.8, 4) is 0 Å². The van der Waals surface area contributed by atoms with Gasteiger partial charge in [0, 0.05) is 28.7 Å². The number of hydrogen-bond donors (Lipinski definition) is 2. The molecule has 21 heavy (non-hydrogen) atoms. The lowest BCUT2D eigenvalue weighted by molar-refractivity contribution is -0.130. The number of nitrogens with two attached hydrogens (primary N) is 1. The topological polar surface area (TPSA) is 90.4 Å². The van der Waals surface area contributed by atoms with Gasteiger partial charge in [-0.15, -0.1) is 0 Å². The summed E-state index contributed by atoms with van der Waals surface area (Å²) in [6, 6.07) is 3.64. The molecule has 0 spiro atoms. The maximum atomic E-state index is 12.1. The smallest absolute Gasteiger partial charge is 0.227 e. The van der Waals surface area contributed by atoms with E-state index >= 15 is 0 Å². The SMILES string of the molecule is NC1CCOCC1C(=O)NCc1cc2cc(Br)cnc2o1. The highest BCUT2D eigenvalue weighted by Crippen LogP contribution is 2.21. The van der Waals surface area contributed by atoms with Crippen molar-refractivity contribution in [2.75, 3.05) is 13.2 Å². The van der Waals surface area contributed by atoms with Crippen molar-refractivity contribution in [1.29, 1.82) is 0 Å². The van der Waals surface area contributed by atoms with Crippen molar-refractivity contribution in [1.82, 2.24) is 10.3 Å². The largest absolute Gasteiger partial charge is 0.441 e. The molecule has 1 aliphatic heterocycles. The average Bonchev–Trinajstić information content (AvgIpc) is 2.87. The van der Waals surface area contributed by atoms with E-state index in [4.69, 9.17) is 14.9 Å². The number of pyridine rings is 1. The standard InChI is InChI=1S/C14H16BrN3O3/c15-9-3-8-4-10(21-14(8)18-5-9)6-17-13(19)11-7-20-2-1-12(11)16/h3-5,11-12H,1-2,6-7,16H2,(H,17,19). The molecule has 3 rings (SSSR count). The minimum atomic E-state index is -0.296. The highest BCUT2D eigenvalue weighted by molar-refractivity contribution is 9.10. The predicted octanol–water partition coefficient (Wildman–Crippen LogP) is 1.57. The van der Waals surface area contributed by atoms with Gasteiger partial charge in [0.05, 0.1) is 19.1 Å². The second-order valence-corrected chi connectivity index (χ2v) is 6.03. The molecule has 2 aromatic heterocycles. The van der Waals surface area contributed by atoms with Gasteiger partial charge in [0.15, 0.2) is 0 Å². The van der Waals surface area contributed by atoms with Crippen molar-refractivity contribution in [3.05, 3.63) is 28.6 Å². The maximum Gasteiger partial charge on any atom is 0.227 e. The Morgan fingerprint density at radius 2 is 2.38 bits per heavy atom. The number of amides is 1. The number of rotatable bonds is 3. The molecule has 1 amide bonds. The number of ether oxygens (including phenoxy) is 1. The van der Waals surface area contributed by atoms with Gasteiger partial charge in [0.2, 0.25) is 11.6 Å². The third-order valence-electron chi connectivity index (χ3n) is 3.57. The molecular weight excluding hydrogens is 338 g/mol. The van der Waals surface area contributed by atoms with Gasteiger partial charge in [-0.1, -0.05) is 0 Å². The molecule has 0 aromatic carbocycles. The maximum absolute atomic E-state index is 12.1. The van der Waals surface area contributed by atoms with Crippen LogP contribution in [-0.4, -0.2) is 30.1 Å². The first-order chi connectivity index (χ1) is 10.1. The summed E-state index contributed by atoms with van der Waals surface area (Å²) in [4.78, 5) is 16.3. The van der Waals surface area contributed by atoms with Crippen LogP contribution >= 0.6 is 15.9 Å². The van der Waals surface area contributed by atoms with E-state index in [0.717, 1.165) is 9.86 Å². The van der Waals surface area contributed by atoms with E-state index in [9.17, 15) is 4.79 Å². The molecular formula is C14H16BrN3O3. The molecule has 7 heteroatoms. The Kier molecular flexibility index (Phi) is 4.23. The average molecular weight is 354 g/mol. The van der Waals surface area contributed by atoms with E-state index in [0.29, 0.717) is 37.7 Å². The van der Waals surface area contributed by atoms with Crippen LogP contribution in [0.3, 0.4) is 0 Å². The predicted molar refractivity (Wildman–Crippen MR) is 80.5 cm³/mol. The van der Waals surface area contributed by atoms with E-state index in [2.05, 4.69) is 26.2 Å². The quantitative estimate of drug-likeness (QED) is 0.873. The molecule has 112 valence electrons. The number of carbonyl (C=O) groups excluding carboxylic acids is 1. The minimum absolute atomic E-state index is 0.100. The van der Waals surface area contributed by atoms with Gasteiger partial charge in [-0.2, -0.15) is 0 Å². The first-order valence-electron chi connectivity index (χ1n) is 6.78. The highest BCUT2D eigenvalue weighted by atomic mass is 79.9. The van der Waals surface area contributed by atoms with Crippen LogP contribution in [0.15, 0.2) is 27.2 Å². The van der Waals surface area contributed by atoms with Crippen LogP contribution in [-0.2, 0) is 16.1 Å². The summed E-state index contributed by atoms with van der Waals surface area (Å²) in [5.41, 5.74) is 6.50. The fourth-order valence-corrected chi connectivity index (χ4v) is 2.72. The van der Waals surface area contributed by atoms with Crippen LogP contribution in [0.5, 0.6) is 0 Å². The molecule has 0 radical (unpaired) electrons. The molecule has 0 saturated carbocycles. The van der Waals surface area contributed by atoms with E-state index in [1.165, 1.54) is 0 Å². The molecule has 1 fully saturated rings. The molecule has 3 N–H and O–H groups in total. The van der Waals surface area contributed by atoms with Crippen LogP contribution in [0.1, 0.15) is 12.2 Å². The van der Waals surface area contributed by atoms with E-state index in [-0.39, 0.29) is 17.9 Å². The zero-order chi connectivity index (χ0) is 14.8. The third-order valence-corrected chi connectivity index (χ3v) is 4.01. The molecule has 0 bridgehead atoms. The van der Waals surface area contributed by atoms with Gasteiger partial charge in [-0.05, 0) is 34.5 Å². The van der Waals surface area contributed by atoms with Gasteiger partial charge in [0.1, 0.15) is 5.76 Å². The summed E-state index contributed by atoms with van der Waals surface area (Å²) in [5.74, 6) is 0.265. The lowest BCUT2D eigenvalue weighted by Gasteiger charge is -2.27. The van der Waals surface area contributed by atoms with Crippen LogP contribution in [0.4, 0.5) is 0 Å². The molecule has 6 nitrogen and oxygen atoms in total. The number of hydrogen-bond acceptors (Lipinski definition) is 5. The first kappa shape index (κ1) is 14.5. The first-order valence-corrected chi connectivity index (χ1v) is 7.58. The number of fused-ring (bicyclic) bond motifs is 1. The Hall–Kier alpha value is -1.44. The number of carbonyl (C=O) groups is 1. The van der Waals surface area contributed by atoms with Gasteiger partial charge >= 0.3 is 0 Å². The normalized spacial score (nSPS) is 22.4. The van der Waals surface area contributed by atoms with E-state index < -0.39 is 0 Å². The Labute approximate surface area is 130 Å². The number of halogens is 1. The Bertz CT molecular complexity index is 658. The molecule has 2 atom stereocenters. The van der Waals surface area contributed by atoms with Crippen LogP contribution in [0.2, 0.25) is 0 Å². The summed E-state index contributed by atoms with van der Waals surface area (Å²) < 4.78 is 11.8. The van der Waals surface area contributed by atoms with Crippen molar-refractivity contribution >= 4 is 32.9 Å². The van der Waals surface area contributed by atoms with E-state index in [1.54, 1.807) is 6.20 Å². The van der Waals surface area contributed by atoms with Crippen molar-refractivity contribution in [2.24, 2.45) is 11.7 Å². The summed E-state index contributed by atoms with van der Waals surface area (Å²) in [6.45, 7) is 1.31. The van der Waals surface area contributed by atoms with Crippen molar-refractivity contribution in [3.63, 3.8) is 0 Å². The number of aromatic nitrogens is 1. The second kappa shape index (κ2) is 6.13. The minimum Gasteiger partial charge on any atom is -0.441 e. The summed E-state index contributed by atoms with van der Waals surface area (Å²) in [5, 5.41) is 3.74. The van der Waals surface area contributed by atoms with Crippen molar-refractivity contribution in [2.45, 2.75) is 19.0 Å². The molecule has 1 aliphatic rings. The Balaban J connectivity index is 1.64. The monoisotopic (exact) mass is 353 g/mol. The number of nitrogens with one attached hydrogen (secondary N) is 1. The van der Waals surface area contributed by atoms with Crippen molar-refractivity contribution < 1.29 is 13.9 Å². The zero-order valence-corrected chi connectivity index (χ0v) is 12.9. The lowest BCUT2D eigenvalue weighted by Crippen LogP contribution is -2.47.